The molecule has 58 valence electrons. The number of halogens is 1. The van der Waals surface area contributed by atoms with Gasteiger partial charge in [-0.25, -0.2) is 0 Å². The molecule has 0 saturated heterocycles. The van der Waals surface area contributed by atoms with Crippen molar-refractivity contribution < 1.29 is 10.1 Å². The summed E-state index contributed by atoms with van der Waals surface area (Å²) in [5.41, 5.74) is 0.233. The van der Waals surface area contributed by atoms with Gasteiger partial charge in [0.05, 0.1) is 0 Å². The second-order valence-electron chi connectivity index (χ2n) is 1.84. The van der Waals surface area contributed by atoms with Gasteiger partial charge in [0.25, 0.3) is 0 Å². The topological polar surface area (TPSA) is 58.7 Å². The van der Waals surface area contributed by atoms with Crippen molar-refractivity contribution in [1.82, 2.24) is 0 Å². The molecule has 0 aromatic heterocycles. The number of hydrogen-bond donors (Lipinski definition) is 1. The number of benzene rings is 1. The highest BCUT2D eigenvalue weighted by Gasteiger charge is 2.00. The van der Waals surface area contributed by atoms with Crippen molar-refractivity contribution in [2.24, 2.45) is 5.28 Å². The van der Waals surface area contributed by atoms with E-state index in [9.17, 15) is 5.21 Å². The van der Waals surface area contributed by atoms with Crippen molar-refractivity contribution in [2.75, 3.05) is 0 Å². The maximum absolute atomic E-state index is 10.6. The molecule has 1 aromatic rings. The van der Waals surface area contributed by atoms with Crippen LogP contribution in [0, 0.1) is 5.21 Å². The Morgan fingerprint density at radius 3 is 2.36 bits per heavy atom. The Kier molecular flexibility index (Phi) is 2.28. The van der Waals surface area contributed by atoms with Crippen LogP contribution in [0.4, 0.5) is 5.69 Å². The largest absolute Gasteiger partial charge is 0.592 e. The van der Waals surface area contributed by atoms with Gasteiger partial charge in [0.2, 0.25) is 11.0 Å². The van der Waals surface area contributed by atoms with Crippen LogP contribution in [0.3, 0.4) is 0 Å². The van der Waals surface area contributed by atoms with Gasteiger partial charge in [-0.3, -0.25) is 0 Å². The van der Waals surface area contributed by atoms with E-state index in [1.165, 1.54) is 24.3 Å². The van der Waals surface area contributed by atoms with Gasteiger partial charge in [-0.15, -0.1) is 0 Å². The summed E-state index contributed by atoms with van der Waals surface area (Å²) >= 11 is 5.55. The van der Waals surface area contributed by atoms with E-state index in [1.807, 2.05) is 0 Å². The smallest absolute Gasteiger partial charge is 0.248 e. The zero-order valence-electron chi connectivity index (χ0n) is 5.44. The Labute approximate surface area is 67.9 Å². The van der Waals surface area contributed by atoms with Gasteiger partial charge < -0.3 is 10.4 Å². The van der Waals surface area contributed by atoms with Gasteiger partial charge in [0.15, 0.2) is 0 Å². The second-order valence-corrected chi connectivity index (χ2v) is 2.28. The molecule has 0 amide bonds. The van der Waals surface area contributed by atoms with Crippen LogP contribution >= 0.6 is 11.6 Å². The molecule has 5 heteroatoms. The second kappa shape index (κ2) is 3.21. The van der Waals surface area contributed by atoms with Crippen molar-refractivity contribution >= 4 is 17.3 Å². The summed E-state index contributed by atoms with van der Waals surface area (Å²) in [6.45, 7) is 0. The van der Waals surface area contributed by atoms with Gasteiger partial charge in [0.1, 0.15) is 0 Å². The minimum Gasteiger partial charge on any atom is -0.592 e. The molecule has 0 fully saturated rings. The van der Waals surface area contributed by atoms with Gasteiger partial charge in [-0.1, -0.05) is 11.6 Å². The van der Waals surface area contributed by atoms with Crippen LogP contribution in [-0.4, -0.2) is 10.1 Å². The van der Waals surface area contributed by atoms with E-state index in [2.05, 4.69) is 5.28 Å². The van der Waals surface area contributed by atoms with E-state index < -0.39 is 0 Å². The van der Waals surface area contributed by atoms with Crippen molar-refractivity contribution in [1.29, 1.82) is 0 Å². The van der Waals surface area contributed by atoms with E-state index in [-0.39, 0.29) is 10.5 Å². The number of hydrogen-bond acceptors (Lipinski definition) is 2. The lowest BCUT2D eigenvalue weighted by molar-refractivity contribution is -0.473. The quantitative estimate of drug-likeness (QED) is 0.402. The Morgan fingerprint density at radius 2 is 1.91 bits per heavy atom. The first-order valence-corrected chi connectivity index (χ1v) is 3.19. The molecule has 1 rings (SSSR count). The Hall–Kier alpha value is -1.29. The molecule has 0 saturated carbocycles. The van der Waals surface area contributed by atoms with Gasteiger partial charge in [0, 0.05) is 17.2 Å². The minimum atomic E-state index is 0.0936. The average molecular weight is 173 g/mol. The Morgan fingerprint density at radius 1 is 1.36 bits per heavy atom. The first-order valence-electron chi connectivity index (χ1n) is 2.82. The molecule has 0 radical (unpaired) electrons. The molecule has 0 atom stereocenters. The Bertz CT molecular complexity index is 270. The fourth-order valence-electron chi connectivity index (χ4n) is 0.620. The van der Waals surface area contributed by atoms with Crippen molar-refractivity contribution in [3.05, 3.63) is 34.5 Å². The molecule has 0 unspecified atom stereocenters. The zero-order valence-corrected chi connectivity index (χ0v) is 6.19. The fourth-order valence-corrected chi connectivity index (χ4v) is 0.746. The molecular weight excluding hydrogens is 168 g/mol. The van der Waals surface area contributed by atoms with E-state index >= 15 is 0 Å². The normalized spacial score (nSPS) is 11.5. The third-order valence-electron chi connectivity index (χ3n) is 1.13. The van der Waals surface area contributed by atoms with Gasteiger partial charge in [-0.2, -0.15) is 0 Å². The van der Waals surface area contributed by atoms with E-state index in [0.717, 1.165) is 0 Å². The summed E-state index contributed by atoms with van der Waals surface area (Å²) in [4.78, 5) is 0.0936. The third kappa shape index (κ3) is 1.81. The molecule has 0 heterocycles. The molecule has 4 nitrogen and oxygen atoms in total. The predicted octanol–water partition coefficient (Wildman–Crippen LogP) is 2.32. The fraction of sp³-hybridized carbons (Fsp3) is 0. The molecule has 0 aliphatic rings. The highest BCUT2D eigenvalue weighted by atomic mass is 35.5. The van der Waals surface area contributed by atoms with E-state index in [4.69, 9.17) is 16.8 Å². The molecule has 0 spiro atoms. The number of nitrogens with zero attached hydrogens (tertiary/aromatic N) is 2. The lowest BCUT2D eigenvalue weighted by atomic mass is 10.3. The highest BCUT2D eigenvalue weighted by molar-refractivity contribution is 6.30. The minimum absolute atomic E-state index is 0.0936. The predicted molar refractivity (Wildman–Crippen MR) is 39.0 cm³/mol. The summed E-state index contributed by atoms with van der Waals surface area (Å²) in [5.74, 6) is 0. The van der Waals surface area contributed by atoms with Gasteiger partial charge >= 0.3 is 0 Å². The van der Waals surface area contributed by atoms with Crippen LogP contribution in [0.25, 0.3) is 0 Å². The van der Waals surface area contributed by atoms with Crippen LogP contribution in [0.5, 0.6) is 0 Å². The van der Waals surface area contributed by atoms with Crippen LogP contribution < -0.4 is 0 Å². The maximum atomic E-state index is 10.6. The molecule has 0 aliphatic carbocycles. The van der Waals surface area contributed by atoms with Gasteiger partial charge in [-0.05, 0) is 17.0 Å². The van der Waals surface area contributed by atoms with Crippen molar-refractivity contribution in [3.63, 3.8) is 0 Å². The van der Waals surface area contributed by atoms with E-state index in [0.29, 0.717) is 5.02 Å². The molecule has 1 aromatic carbocycles. The molecule has 11 heavy (non-hydrogen) atoms. The summed E-state index contributed by atoms with van der Waals surface area (Å²) in [5, 5.41) is 21.6. The number of rotatable bonds is 1. The monoisotopic (exact) mass is 172 g/mol. The molecular formula is C6H5ClN2O2. The standard InChI is InChI=1S/C6H5ClN2O2/c7-5-1-3-6(4-2-5)9(11)8-10/h1-4,10H/b9-8+. The van der Waals surface area contributed by atoms with Crippen molar-refractivity contribution in [2.45, 2.75) is 0 Å². The van der Waals surface area contributed by atoms with Crippen LogP contribution in [0.15, 0.2) is 29.5 Å². The first-order chi connectivity index (χ1) is 5.24. The lowest BCUT2D eigenvalue weighted by Gasteiger charge is -1.94. The van der Waals surface area contributed by atoms with Crippen LogP contribution in [0.2, 0.25) is 5.02 Å². The van der Waals surface area contributed by atoms with Crippen LogP contribution in [-0.2, 0) is 0 Å². The molecule has 1 N–H and O–H groups in total. The molecule has 0 aliphatic heterocycles. The highest BCUT2D eigenvalue weighted by Crippen LogP contribution is 2.15. The van der Waals surface area contributed by atoms with Crippen LogP contribution in [0.1, 0.15) is 0 Å². The summed E-state index contributed by atoms with van der Waals surface area (Å²) < 4.78 is 0. The summed E-state index contributed by atoms with van der Waals surface area (Å²) in [6, 6.07) is 5.98. The molecule has 0 bridgehead atoms. The zero-order chi connectivity index (χ0) is 8.27. The summed E-state index contributed by atoms with van der Waals surface area (Å²) in [7, 11) is 0. The lowest BCUT2D eigenvalue weighted by Crippen LogP contribution is -1.88. The first kappa shape index (κ1) is 7.81. The SMILES string of the molecule is [O-]/[N+](=N/O)c1ccc(Cl)cc1. The maximum Gasteiger partial charge on any atom is 0.248 e. The summed E-state index contributed by atoms with van der Waals surface area (Å²) in [6.07, 6.45) is 0. The average Bonchev–Trinajstić information content (AvgIpc) is 2.05. The third-order valence-corrected chi connectivity index (χ3v) is 1.38. The van der Waals surface area contributed by atoms with E-state index in [1.54, 1.807) is 0 Å². The Balaban J connectivity index is 2.99. The van der Waals surface area contributed by atoms with Crippen molar-refractivity contribution in [3.8, 4) is 0 Å².